The molecule has 1 atom stereocenters. The van der Waals surface area contributed by atoms with Gasteiger partial charge in [-0.2, -0.15) is 0 Å². The summed E-state index contributed by atoms with van der Waals surface area (Å²) in [5, 5.41) is 6.49. The predicted molar refractivity (Wildman–Crippen MR) is 128 cm³/mol. The second-order valence-corrected chi connectivity index (χ2v) is 9.23. The second-order valence-electron chi connectivity index (χ2n) is 7.00. The molecule has 1 aromatic rings. The minimum Gasteiger partial charge on any atom is -0.491 e. The number of nitrogens with one attached hydrogen (secondary N) is 2. The summed E-state index contributed by atoms with van der Waals surface area (Å²) in [4.78, 5) is 4.65. The van der Waals surface area contributed by atoms with Gasteiger partial charge >= 0.3 is 0 Å². The molecule has 0 radical (unpaired) electrons. The van der Waals surface area contributed by atoms with E-state index in [-0.39, 0.29) is 35.6 Å². The number of aryl methyl sites for hydroxylation is 1. The van der Waals surface area contributed by atoms with E-state index >= 15 is 0 Å². The van der Waals surface area contributed by atoms with Gasteiger partial charge in [0.1, 0.15) is 12.4 Å². The number of ether oxygens (including phenoxy) is 2. The third-order valence-electron chi connectivity index (χ3n) is 4.55. The molecule has 1 aromatic carbocycles. The maximum atomic E-state index is 11.6. The number of hydrogen-bond acceptors (Lipinski definition) is 5. The highest BCUT2D eigenvalue weighted by Crippen LogP contribution is 2.21. The largest absolute Gasteiger partial charge is 0.491 e. The number of aliphatic imine (C=N–C) groups is 1. The van der Waals surface area contributed by atoms with Crippen molar-refractivity contribution in [2.24, 2.45) is 10.9 Å². The molecule has 2 N–H and O–H groups in total. The molecule has 29 heavy (non-hydrogen) atoms. The molecule has 0 aliphatic carbocycles. The van der Waals surface area contributed by atoms with Crippen LogP contribution in [0.15, 0.2) is 23.2 Å². The van der Waals surface area contributed by atoms with Crippen molar-refractivity contribution in [3.05, 3.63) is 29.3 Å². The maximum Gasteiger partial charge on any atom is 0.191 e. The van der Waals surface area contributed by atoms with Crippen molar-refractivity contribution in [3.63, 3.8) is 0 Å². The van der Waals surface area contributed by atoms with Crippen LogP contribution in [0.25, 0.3) is 0 Å². The van der Waals surface area contributed by atoms with Crippen LogP contribution in [0, 0.1) is 12.8 Å². The maximum absolute atomic E-state index is 11.6. The molecule has 1 unspecified atom stereocenters. The van der Waals surface area contributed by atoms with E-state index in [0.29, 0.717) is 51.0 Å². The smallest absolute Gasteiger partial charge is 0.191 e. The van der Waals surface area contributed by atoms with E-state index in [9.17, 15) is 8.42 Å². The third-order valence-corrected chi connectivity index (χ3v) is 6.39. The van der Waals surface area contributed by atoms with Crippen LogP contribution in [0.2, 0.25) is 0 Å². The lowest BCUT2D eigenvalue weighted by atomic mass is 10.1. The second kappa shape index (κ2) is 13.3. The van der Waals surface area contributed by atoms with Crippen LogP contribution < -0.4 is 15.4 Å². The Labute approximate surface area is 192 Å². The van der Waals surface area contributed by atoms with Crippen molar-refractivity contribution in [1.29, 1.82) is 0 Å². The number of hydrogen-bond donors (Lipinski definition) is 2. The van der Waals surface area contributed by atoms with Gasteiger partial charge in [0.2, 0.25) is 0 Å². The summed E-state index contributed by atoms with van der Waals surface area (Å²) in [7, 11) is -2.86. The number of nitrogens with zero attached hydrogens (tertiary/aromatic N) is 1. The van der Waals surface area contributed by atoms with Gasteiger partial charge in [-0.1, -0.05) is 12.1 Å². The predicted octanol–water partition coefficient (Wildman–Crippen LogP) is 2.52. The molecule has 0 aromatic heterocycles. The van der Waals surface area contributed by atoms with Gasteiger partial charge in [-0.05, 0) is 44.7 Å². The fourth-order valence-electron chi connectivity index (χ4n) is 3.06. The molecule has 1 aliphatic heterocycles. The van der Waals surface area contributed by atoms with E-state index in [1.165, 1.54) is 0 Å². The highest BCUT2D eigenvalue weighted by atomic mass is 127. The fraction of sp³-hybridized carbons (Fsp3) is 0.650. The quantitative estimate of drug-likeness (QED) is 0.206. The first-order valence-corrected chi connectivity index (χ1v) is 11.8. The highest BCUT2D eigenvalue weighted by Gasteiger charge is 2.27. The Kier molecular flexibility index (Phi) is 11.9. The molecule has 1 aliphatic rings. The highest BCUT2D eigenvalue weighted by molar-refractivity contribution is 14.0. The van der Waals surface area contributed by atoms with Crippen LogP contribution >= 0.6 is 24.0 Å². The lowest BCUT2D eigenvalue weighted by molar-refractivity contribution is 0.110. The van der Waals surface area contributed by atoms with Gasteiger partial charge in [-0.25, -0.2) is 13.4 Å². The zero-order valence-electron chi connectivity index (χ0n) is 17.6. The minimum absolute atomic E-state index is 0. The molecule has 1 heterocycles. The van der Waals surface area contributed by atoms with Gasteiger partial charge in [0.15, 0.2) is 15.8 Å². The van der Waals surface area contributed by atoms with Gasteiger partial charge in [-0.3, -0.25) is 0 Å². The van der Waals surface area contributed by atoms with Crippen molar-refractivity contribution in [2.45, 2.75) is 33.7 Å². The first-order chi connectivity index (χ1) is 13.4. The normalized spacial score (nSPS) is 18.2. The molecule has 0 spiro atoms. The van der Waals surface area contributed by atoms with Gasteiger partial charge in [0, 0.05) is 25.3 Å². The zero-order chi connectivity index (χ0) is 20.4. The molecule has 0 bridgehead atoms. The standard InChI is InChI=1S/C20H33N3O4S.HI/c1-4-21-20(22-13-17-8-11-28(24,25)15-17)23-14-18-7-6-16(3)12-19(18)27-10-9-26-5-2;/h6-7,12,17H,4-5,8-11,13-15H2,1-3H3,(H2,21,22,23);1H. The molecule has 1 fully saturated rings. The van der Waals surface area contributed by atoms with Crippen molar-refractivity contribution < 1.29 is 17.9 Å². The summed E-state index contributed by atoms with van der Waals surface area (Å²) in [5.74, 6) is 2.20. The van der Waals surface area contributed by atoms with Crippen molar-refractivity contribution in [3.8, 4) is 5.75 Å². The topological polar surface area (TPSA) is 89.0 Å². The van der Waals surface area contributed by atoms with Crippen LogP contribution in [-0.4, -0.2) is 58.8 Å². The first-order valence-electron chi connectivity index (χ1n) is 9.96. The number of rotatable bonds is 10. The van der Waals surface area contributed by atoms with Crippen LogP contribution in [0.3, 0.4) is 0 Å². The van der Waals surface area contributed by atoms with Crippen molar-refractivity contribution >= 4 is 39.8 Å². The van der Waals surface area contributed by atoms with Gasteiger partial charge < -0.3 is 20.1 Å². The average molecular weight is 539 g/mol. The Balaban J connectivity index is 0.00000420. The molecule has 7 nitrogen and oxygen atoms in total. The SMILES string of the molecule is CCNC(=NCc1ccc(C)cc1OCCOCC)NCC1CCS(=O)(=O)C1.I. The Morgan fingerprint density at radius 1 is 1.24 bits per heavy atom. The van der Waals surface area contributed by atoms with E-state index < -0.39 is 9.84 Å². The third kappa shape index (κ3) is 9.52. The molecule has 166 valence electrons. The molecule has 9 heteroatoms. The fourth-order valence-corrected chi connectivity index (χ4v) is 4.92. The zero-order valence-corrected chi connectivity index (χ0v) is 20.7. The van der Waals surface area contributed by atoms with E-state index in [0.717, 1.165) is 23.4 Å². The van der Waals surface area contributed by atoms with Crippen LogP contribution in [0.1, 0.15) is 31.4 Å². The summed E-state index contributed by atoms with van der Waals surface area (Å²) in [6, 6.07) is 6.09. The van der Waals surface area contributed by atoms with E-state index in [2.05, 4.69) is 15.6 Å². The van der Waals surface area contributed by atoms with Gasteiger partial charge in [-0.15, -0.1) is 24.0 Å². The lowest BCUT2D eigenvalue weighted by Gasteiger charge is -2.15. The molecule has 2 rings (SSSR count). The van der Waals surface area contributed by atoms with E-state index in [1.807, 2.05) is 39.0 Å². The summed E-state index contributed by atoms with van der Waals surface area (Å²) < 4.78 is 34.4. The Hall–Kier alpha value is -1.07. The van der Waals surface area contributed by atoms with Crippen molar-refractivity contribution in [1.82, 2.24) is 10.6 Å². The number of sulfone groups is 1. The van der Waals surface area contributed by atoms with Gasteiger partial charge in [0.25, 0.3) is 0 Å². The average Bonchev–Trinajstić information content (AvgIpc) is 3.01. The summed E-state index contributed by atoms with van der Waals surface area (Å²) in [6.07, 6.45) is 0.713. The molecule has 1 saturated heterocycles. The molecule has 0 amide bonds. The molecular formula is C20H34IN3O4S. The first kappa shape index (κ1) is 26.0. The number of halogens is 1. The van der Waals surface area contributed by atoms with Crippen LogP contribution in [0.4, 0.5) is 0 Å². The lowest BCUT2D eigenvalue weighted by Crippen LogP contribution is -2.40. The summed E-state index contributed by atoms with van der Waals surface area (Å²) >= 11 is 0. The van der Waals surface area contributed by atoms with E-state index in [1.54, 1.807) is 0 Å². The van der Waals surface area contributed by atoms with Crippen molar-refractivity contribution in [2.75, 3.05) is 44.4 Å². The Morgan fingerprint density at radius 3 is 2.69 bits per heavy atom. The summed E-state index contributed by atoms with van der Waals surface area (Å²) in [6.45, 7) is 9.55. The monoisotopic (exact) mass is 539 g/mol. The number of guanidine groups is 1. The van der Waals surface area contributed by atoms with Gasteiger partial charge in [0.05, 0.1) is 24.7 Å². The van der Waals surface area contributed by atoms with E-state index in [4.69, 9.17) is 9.47 Å². The van der Waals surface area contributed by atoms with Crippen LogP contribution in [0.5, 0.6) is 5.75 Å². The van der Waals surface area contributed by atoms with Crippen LogP contribution in [-0.2, 0) is 21.1 Å². The molecular weight excluding hydrogens is 505 g/mol. The molecule has 0 saturated carbocycles. The Morgan fingerprint density at radius 2 is 2.03 bits per heavy atom. The summed E-state index contributed by atoms with van der Waals surface area (Å²) in [5.41, 5.74) is 2.13. The Bertz CT molecular complexity index is 756. The number of benzene rings is 1. The minimum atomic E-state index is -2.86.